The van der Waals surface area contributed by atoms with E-state index < -0.39 is 35.1 Å². The van der Waals surface area contributed by atoms with Gasteiger partial charge in [-0.15, -0.1) is 0 Å². The third-order valence-corrected chi connectivity index (χ3v) is 5.83. The molecule has 0 bridgehead atoms. The first-order chi connectivity index (χ1) is 15.6. The van der Waals surface area contributed by atoms with Gasteiger partial charge in [-0.05, 0) is 43.7 Å². The Balaban J connectivity index is 1.52. The quantitative estimate of drug-likeness (QED) is 0.526. The second-order valence-electron chi connectivity index (χ2n) is 8.17. The number of hydrogen-bond donors (Lipinski definition) is 0. The number of fused-ring (bicyclic) bond motifs is 1. The van der Waals surface area contributed by atoms with E-state index >= 15 is 0 Å². The van der Waals surface area contributed by atoms with E-state index in [9.17, 15) is 27.2 Å². The summed E-state index contributed by atoms with van der Waals surface area (Å²) in [5.74, 6) is -2.73. The minimum Gasteiger partial charge on any atom is -0.493 e. The number of pyridine rings is 1. The molecule has 6 nitrogen and oxygen atoms in total. The fraction of sp³-hybridized carbons (Fsp3) is 0.348. The molecule has 2 atom stereocenters. The van der Waals surface area contributed by atoms with E-state index in [1.807, 2.05) is 0 Å². The first-order valence-electron chi connectivity index (χ1n) is 10.3. The number of Topliss-reactive ketones (excluding diaryl/α,β-unsaturated/α-hetero) is 1. The van der Waals surface area contributed by atoms with Gasteiger partial charge in [0.1, 0.15) is 22.8 Å². The van der Waals surface area contributed by atoms with Crippen molar-refractivity contribution < 1.29 is 27.1 Å². The standard InChI is InChI=1S/C23H21F4N3O3/c1-13(11-33-20-6-3-15(24)9-17(20)23(25,26)27)16-7-8-30-18(21(16)31)4-5-19(22(30)32)29-10-14(2)28-12-29/h3-6,9-10,12-13,16H,7-8,11H2,1-2H3/t13-,16?/m1/s1. The van der Waals surface area contributed by atoms with E-state index in [-0.39, 0.29) is 23.6 Å². The van der Waals surface area contributed by atoms with Gasteiger partial charge >= 0.3 is 6.18 Å². The summed E-state index contributed by atoms with van der Waals surface area (Å²) >= 11 is 0. The van der Waals surface area contributed by atoms with E-state index in [1.54, 1.807) is 36.7 Å². The number of aromatic nitrogens is 3. The fourth-order valence-electron chi connectivity index (χ4n) is 4.07. The van der Waals surface area contributed by atoms with Crippen LogP contribution in [0.1, 0.15) is 35.1 Å². The Morgan fingerprint density at radius 3 is 2.64 bits per heavy atom. The van der Waals surface area contributed by atoms with Gasteiger partial charge in [-0.3, -0.25) is 9.59 Å². The first-order valence-corrected chi connectivity index (χ1v) is 10.3. The van der Waals surface area contributed by atoms with Crippen molar-refractivity contribution >= 4 is 5.78 Å². The minimum absolute atomic E-state index is 0.165. The molecule has 2 aromatic heterocycles. The summed E-state index contributed by atoms with van der Waals surface area (Å²) < 4.78 is 61.2. The van der Waals surface area contributed by atoms with Gasteiger partial charge in [0.05, 0.1) is 24.3 Å². The number of nitrogens with zero attached hydrogens (tertiary/aromatic N) is 3. The lowest BCUT2D eigenvalue weighted by atomic mass is 9.84. The smallest absolute Gasteiger partial charge is 0.420 e. The van der Waals surface area contributed by atoms with Crippen LogP contribution < -0.4 is 10.3 Å². The number of ketones is 1. The summed E-state index contributed by atoms with van der Waals surface area (Å²) in [6, 6.07) is 5.35. The molecule has 33 heavy (non-hydrogen) atoms. The molecule has 0 radical (unpaired) electrons. The van der Waals surface area contributed by atoms with Crippen LogP contribution in [0.2, 0.25) is 0 Å². The zero-order valence-corrected chi connectivity index (χ0v) is 17.9. The van der Waals surface area contributed by atoms with Crippen molar-refractivity contribution in [3.8, 4) is 11.4 Å². The van der Waals surface area contributed by atoms with Crippen molar-refractivity contribution in [3.05, 3.63) is 76.0 Å². The van der Waals surface area contributed by atoms with Crippen molar-refractivity contribution in [2.75, 3.05) is 6.61 Å². The Kier molecular flexibility index (Phi) is 5.85. The molecule has 1 unspecified atom stereocenters. The maximum Gasteiger partial charge on any atom is 0.420 e. The average molecular weight is 463 g/mol. The lowest BCUT2D eigenvalue weighted by molar-refractivity contribution is -0.139. The molecule has 3 heterocycles. The number of aryl methyl sites for hydroxylation is 1. The second-order valence-corrected chi connectivity index (χ2v) is 8.17. The molecule has 0 N–H and O–H groups in total. The number of hydrogen-bond acceptors (Lipinski definition) is 4. The van der Waals surface area contributed by atoms with Crippen LogP contribution in [0.15, 0.2) is 47.7 Å². The third-order valence-electron chi connectivity index (χ3n) is 5.83. The average Bonchev–Trinajstić information content (AvgIpc) is 3.18. The molecule has 1 aromatic carbocycles. The molecule has 1 aliphatic heterocycles. The number of halogens is 4. The molecule has 0 amide bonds. The first kappa shape index (κ1) is 22.8. The van der Waals surface area contributed by atoms with Crippen LogP contribution in [0.5, 0.6) is 5.75 Å². The van der Waals surface area contributed by atoms with Crippen LogP contribution in [0.3, 0.4) is 0 Å². The van der Waals surface area contributed by atoms with Crippen molar-refractivity contribution in [1.29, 1.82) is 0 Å². The lowest BCUT2D eigenvalue weighted by Gasteiger charge is -2.29. The van der Waals surface area contributed by atoms with Crippen molar-refractivity contribution in [2.45, 2.75) is 33.0 Å². The number of benzene rings is 1. The van der Waals surface area contributed by atoms with Gasteiger partial charge in [0.15, 0.2) is 5.78 Å². The highest BCUT2D eigenvalue weighted by atomic mass is 19.4. The molecule has 174 valence electrons. The van der Waals surface area contributed by atoms with Crippen LogP contribution in [-0.2, 0) is 12.7 Å². The van der Waals surface area contributed by atoms with Crippen LogP contribution in [0.25, 0.3) is 5.69 Å². The summed E-state index contributed by atoms with van der Waals surface area (Å²) in [6.07, 6.45) is -1.19. The van der Waals surface area contributed by atoms with Crippen molar-refractivity contribution in [1.82, 2.24) is 14.1 Å². The monoisotopic (exact) mass is 463 g/mol. The summed E-state index contributed by atoms with van der Waals surface area (Å²) in [4.78, 5) is 30.1. The minimum atomic E-state index is -4.77. The summed E-state index contributed by atoms with van der Waals surface area (Å²) in [5.41, 5.74) is -0.151. The number of ether oxygens (including phenoxy) is 1. The summed E-state index contributed by atoms with van der Waals surface area (Å²) in [5, 5.41) is 0. The van der Waals surface area contributed by atoms with Crippen LogP contribution in [0.4, 0.5) is 17.6 Å². The molecule has 0 saturated carbocycles. The Morgan fingerprint density at radius 2 is 1.97 bits per heavy atom. The van der Waals surface area contributed by atoms with Gasteiger partial charge < -0.3 is 13.9 Å². The predicted octanol–water partition coefficient (Wildman–Crippen LogP) is 4.42. The van der Waals surface area contributed by atoms with E-state index in [2.05, 4.69) is 4.98 Å². The van der Waals surface area contributed by atoms with Gasteiger partial charge in [-0.2, -0.15) is 13.2 Å². The Morgan fingerprint density at radius 1 is 1.21 bits per heavy atom. The molecule has 0 fully saturated rings. The zero-order valence-electron chi connectivity index (χ0n) is 17.9. The molecule has 1 aliphatic rings. The Labute approximate surface area is 186 Å². The third kappa shape index (κ3) is 4.42. The molecule has 0 saturated heterocycles. The Bertz CT molecular complexity index is 1260. The molecule has 10 heteroatoms. The highest BCUT2D eigenvalue weighted by Gasteiger charge is 2.36. The van der Waals surface area contributed by atoms with Gasteiger partial charge in [0.25, 0.3) is 5.56 Å². The number of rotatable bonds is 5. The molecular formula is C23H21F4N3O3. The zero-order chi connectivity index (χ0) is 23.9. The van der Waals surface area contributed by atoms with Gasteiger partial charge in [-0.25, -0.2) is 9.37 Å². The molecule has 4 rings (SSSR count). The highest BCUT2D eigenvalue weighted by Crippen LogP contribution is 2.37. The van der Waals surface area contributed by atoms with Crippen molar-refractivity contribution in [3.63, 3.8) is 0 Å². The number of carbonyl (C=O) groups is 1. The number of carbonyl (C=O) groups excluding carboxylic acids is 1. The number of imidazole rings is 1. The van der Waals surface area contributed by atoms with Crippen LogP contribution in [0, 0.1) is 24.6 Å². The van der Waals surface area contributed by atoms with Gasteiger partial charge in [0, 0.05) is 24.6 Å². The van der Waals surface area contributed by atoms with Crippen LogP contribution >= 0.6 is 0 Å². The second kappa shape index (κ2) is 8.49. The van der Waals surface area contributed by atoms with Crippen molar-refractivity contribution in [2.24, 2.45) is 11.8 Å². The number of alkyl halides is 3. The topological polar surface area (TPSA) is 66.1 Å². The van der Waals surface area contributed by atoms with Crippen LogP contribution in [-0.4, -0.2) is 26.5 Å². The summed E-state index contributed by atoms with van der Waals surface area (Å²) in [7, 11) is 0. The highest BCUT2D eigenvalue weighted by molar-refractivity contribution is 5.97. The largest absolute Gasteiger partial charge is 0.493 e. The molecule has 3 aromatic rings. The normalized spacial score (nSPS) is 17.0. The molecule has 0 spiro atoms. The van der Waals surface area contributed by atoms with E-state index in [0.29, 0.717) is 24.7 Å². The van der Waals surface area contributed by atoms with E-state index in [4.69, 9.17) is 4.74 Å². The molecule has 0 aliphatic carbocycles. The van der Waals surface area contributed by atoms with E-state index in [1.165, 1.54) is 10.9 Å². The maximum absolute atomic E-state index is 13.3. The van der Waals surface area contributed by atoms with E-state index in [0.717, 1.165) is 17.8 Å². The van der Waals surface area contributed by atoms with Gasteiger partial charge in [0.2, 0.25) is 0 Å². The molecular weight excluding hydrogens is 442 g/mol. The lowest BCUT2D eigenvalue weighted by Crippen LogP contribution is -2.39. The summed E-state index contributed by atoms with van der Waals surface area (Å²) in [6.45, 7) is 3.63. The fourth-order valence-corrected chi connectivity index (χ4v) is 4.07. The Hall–Kier alpha value is -3.43. The predicted molar refractivity (Wildman–Crippen MR) is 111 cm³/mol. The SMILES string of the molecule is Cc1cn(-c2ccc3n(c2=O)CCC([C@H](C)COc2ccc(F)cc2C(F)(F)F)C3=O)cn1. The maximum atomic E-state index is 13.3. The van der Waals surface area contributed by atoms with Gasteiger partial charge in [-0.1, -0.05) is 6.92 Å².